The van der Waals surface area contributed by atoms with Crippen LogP contribution in [-0.2, 0) is 13.0 Å². The maximum absolute atomic E-state index is 5.50. The molecule has 0 aliphatic carbocycles. The van der Waals surface area contributed by atoms with Gasteiger partial charge in [0.25, 0.3) is 0 Å². The summed E-state index contributed by atoms with van der Waals surface area (Å²) >= 11 is 0. The van der Waals surface area contributed by atoms with Crippen molar-refractivity contribution in [1.29, 1.82) is 0 Å². The molecule has 4 heterocycles. The molecule has 5 rings (SSSR count). The quantitative estimate of drug-likeness (QED) is 0.409. The second-order valence-corrected chi connectivity index (χ2v) is 8.95. The molecule has 1 aliphatic rings. The van der Waals surface area contributed by atoms with Gasteiger partial charge in [-0.1, -0.05) is 12.1 Å². The summed E-state index contributed by atoms with van der Waals surface area (Å²) in [5.41, 5.74) is 4.45. The van der Waals surface area contributed by atoms with Crippen LogP contribution in [0.1, 0.15) is 56.3 Å². The van der Waals surface area contributed by atoms with Crippen molar-refractivity contribution in [2.45, 2.75) is 52.1 Å². The Morgan fingerprint density at radius 3 is 2.91 bits per heavy atom. The number of methoxy groups -OCH3 is 1. The van der Waals surface area contributed by atoms with Crippen LogP contribution in [0.15, 0.2) is 41.4 Å². The van der Waals surface area contributed by atoms with E-state index in [1.165, 1.54) is 16.5 Å². The van der Waals surface area contributed by atoms with Crippen molar-refractivity contribution in [1.82, 2.24) is 29.6 Å². The van der Waals surface area contributed by atoms with Gasteiger partial charge in [-0.05, 0) is 50.6 Å². The van der Waals surface area contributed by atoms with Crippen LogP contribution in [0.5, 0.6) is 5.75 Å². The highest BCUT2D eigenvalue weighted by atomic mass is 16.5. The molecular weight excluding hydrogens is 416 g/mol. The summed E-state index contributed by atoms with van der Waals surface area (Å²) < 4.78 is 13.2. The lowest BCUT2D eigenvalue weighted by Crippen LogP contribution is -2.20. The van der Waals surface area contributed by atoms with Crippen molar-refractivity contribution in [2.24, 2.45) is 0 Å². The number of rotatable bonds is 7. The van der Waals surface area contributed by atoms with Crippen molar-refractivity contribution in [2.75, 3.05) is 20.2 Å². The molecule has 172 valence electrons. The summed E-state index contributed by atoms with van der Waals surface area (Å²) in [7, 11) is 1.72. The van der Waals surface area contributed by atoms with E-state index in [2.05, 4.69) is 61.8 Å². The molecule has 0 saturated carbocycles. The molecular formula is C25H30N6O2. The molecule has 33 heavy (non-hydrogen) atoms. The lowest BCUT2D eigenvalue weighted by molar-refractivity contribution is 0.327. The van der Waals surface area contributed by atoms with Gasteiger partial charge < -0.3 is 13.8 Å². The second-order valence-electron chi connectivity index (χ2n) is 8.95. The number of ether oxygens (including phenoxy) is 1. The van der Waals surface area contributed by atoms with Crippen LogP contribution in [0.3, 0.4) is 0 Å². The van der Waals surface area contributed by atoms with Gasteiger partial charge in [-0.3, -0.25) is 4.90 Å². The summed E-state index contributed by atoms with van der Waals surface area (Å²) in [6, 6.07) is 6.75. The number of benzene rings is 1. The minimum Gasteiger partial charge on any atom is -0.497 e. The average Bonchev–Trinajstić information content (AvgIpc) is 3.58. The Balaban J connectivity index is 1.40. The largest absolute Gasteiger partial charge is 0.497 e. The van der Waals surface area contributed by atoms with Crippen molar-refractivity contribution < 1.29 is 9.26 Å². The molecule has 8 heteroatoms. The van der Waals surface area contributed by atoms with E-state index in [4.69, 9.17) is 9.26 Å². The van der Waals surface area contributed by atoms with Gasteiger partial charge in [0.1, 0.15) is 12.1 Å². The van der Waals surface area contributed by atoms with E-state index in [1.54, 1.807) is 19.6 Å². The minimum atomic E-state index is 0.305. The summed E-state index contributed by atoms with van der Waals surface area (Å²) in [6.07, 6.45) is 7.46. The van der Waals surface area contributed by atoms with Crippen molar-refractivity contribution in [3.63, 3.8) is 0 Å². The molecule has 1 aliphatic heterocycles. The van der Waals surface area contributed by atoms with E-state index in [9.17, 15) is 0 Å². The van der Waals surface area contributed by atoms with Crippen LogP contribution >= 0.6 is 0 Å². The van der Waals surface area contributed by atoms with E-state index in [1.807, 2.05) is 13.0 Å². The fourth-order valence-corrected chi connectivity index (χ4v) is 4.77. The maximum Gasteiger partial charge on any atom is 0.226 e. The third-order valence-electron chi connectivity index (χ3n) is 6.49. The summed E-state index contributed by atoms with van der Waals surface area (Å²) in [4.78, 5) is 15.9. The molecule has 0 spiro atoms. The number of aryl methyl sites for hydroxylation is 1. The van der Waals surface area contributed by atoms with Crippen molar-refractivity contribution in [3.05, 3.63) is 54.1 Å². The number of fused-ring (bicyclic) bond motifs is 1. The molecule has 0 amide bonds. The van der Waals surface area contributed by atoms with E-state index in [0.717, 1.165) is 43.1 Å². The van der Waals surface area contributed by atoms with E-state index in [0.29, 0.717) is 30.1 Å². The van der Waals surface area contributed by atoms with Crippen LogP contribution in [0.4, 0.5) is 0 Å². The Bertz CT molecular complexity index is 1260. The molecule has 1 saturated heterocycles. The number of likely N-dealkylation sites (tertiary alicyclic amines) is 1. The third-order valence-corrected chi connectivity index (χ3v) is 6.49. The zero-order valence-electron chi connectivity index (χ0n) is 19.7. The lowest BCUT2D eigenvalue weighted by Gasteiger charge is -2.16. The summed E-state index contributed by atoms with van der Waals surface area (Å²) in [5.74, 6) is 2.40. The highest BCUT2D eigenvalue weighted by Gasteiger charge is 2.29. The monoisotopic (exact) mass is 446 g/mol. The Labute approximate surface area is 193 Å². The summed E-state index contributed by atoms with van der Waals surface area (Å²) in [6.45, 7) is 9.28. The Kier molecular flexibility index (Phi) is 5.85. The summed E-state index contributed by atoms with van der Waals surface area (Å²) in [5, 5.41) is 5.41. The molecule has 1 fully saturated rings. The zero-order chi connectivity index (χ0) is 22.9. The van der Waals surface area contributed by atoms with Gasteiger partial charge in [-0.25, -0.2) is 9.97 Å². The van der Waals surface area contributed by atoms with Crippen LogP contribution in [0.2, 0.25) is 0 Å². The third kappa shape index (κ3) is 4.11. The molecule has 3 aromatic heterocycles. The number of hydrogen-bond acceptors (Lipinski definition) is 7. The highest BCUT2D eigenvalue weighted by molar-refractivity contribution is 5.85. The van der Waals surface area contributed by atoms with Crippen LogP contribution in [-0.4, -0.2) is 49.8 Å². The van der Waals surface area contributed by atoms with Crippen LogP contribution < -0.4 is 4.74 Å². The highest BCUT2D eigenvalue weighted by Crippen LogP contribution is 2.34. The molecule has 8 nitrogen and oxygen atoms in total. The SMILES string of the molecule is CCc1nc(-c2cncnc2[C@@H]2CCN(Cc3cn(C(C)C)c4ccc(OC)cc34)C2)no1. The molecule has 0 N–H and O–H groups in total. The van der Waals surface area contributed by atoms with Crippen LogP contribution in [0.25, 0.3) is 22.3 Å². The molecule has 0 bridgehead atoms. The normalized spacial score (nSPS) is 16.8. The molecule has 4 aromatic rings. The fraction of sp³-hybridized carbons (Fsp3) is 0.440. The number of hydrogen-bond donors (Lipinski definition) is 0. The fourth-order valence-electron chi connectivity index (χ4n) is 4.77. The van der Waals surface area contributed by atoms with Crippen LogP contribution in [0, 0.1) is 0 Å². The first-order chi connectivity index (χ1) is 16.1. The van der Waals surface area contributed by atoms with Gasteiger partial charge in [0.2, 0.25) is 11.7 Å². The Hall–Kier alpha value is -3.26. The molecule has 0 unspecified atom stereocenters. The second kappa shape index (κ2) is 8.94. The predicted octanol–water partition coefficient (Wildman–Crippen LogP) is 4.62. The van der Waals surface area contributed by atoms with Gasteiger partial charge in [0, 0.05) is 54.8 Å². The van der Waals surface area contributed by atoms with Crippen molar-refractivity contribution >= 4 is 10.9 Å². The lowest BCUT2D eigenvalue weighted by atomic mass is 10.00. The first kappa shape index (κ1) is 21.6. The Morgan fingerprint density at radius 2 is 2.15 bits per heavy atom. The smallest absolute Gasteiger partial charge is 0.226 e. The predicted molar refractivity (Wildman–Crippen MR) is 126 cm³/mol. The maximum atomic E-state index is 5.50. The minimum absolute atomic E-state index is 0.305. The van der Waals surface area contributed by atoms with E-state index in [-0.39, 0.29) is 0 Å². The first-order valence-corrected chi connectivity index (χ1v) is 11.6. The zero-order valence-corrected chi connectivity index (χ0v) is 19.7. The van der Waals surface area contributed by atoms with Gasteiger partial charge >= 0.3 is 0 Å². The molecule has 1 aromatic carbocycles. The Morgan fingerprint density at radius 1 is 1.27 bits per heavy atom. The van der Waals surface area contributed by atoms with E-state index >= 15 is 0 Å². The number of nitrogens with zero attached hydrogens (tertiary/aromatic N) is 6. The van der Waals surface area contributed by atoms with E-state index < -0.39 is 0 Å². The van der Waals surface area contributed by atoms with Gasteiger partial charge in [-0.2, -0.15) is 4.98 Å². The van der Waals surface area contributed by atoms with Gasteiger partial charge in [0.15, 0.2) is 0 Å². The average molecular weight is 447 g/mol. The molecule has 0 radical (unpaired) electrons. The molecule has 1 atom stereocenters. The first-order valence-electron chi connectivity index (χ1n) is 11.6. The van der Waals surface area contributed by atoms with Gasteiger partial charge in [0.05, 0.1) is 18.4 Å². The standard InChI is InChI=1S/C25H30N6O2/c1-5-23-28-25(29-33-23)21-11-26-15-27-24(21)17-8-9-30(12-17)13-18-14-31(16(2)3)22-7-6-19(32-4)10-20(18)22/h6-7,10-11,14-17H,5,8-9,12-13H2,1-4H3/t17-/m1/s1. The number of aromatic nitrogens is 5. The topological polar surface area (TPSA) is 82.1 Å². The van der Waals surface area contributed by atoms with Crippen molar-refractivity contribution in [3.8, 4) is 17.1 Å². The van der Waals surface area contributed by atoms with Gasteiger partial charge in [-0.15, -0.1) is 0 Å².